The van der Waals surface area contributed by atoms with Gasteiger partial charge in [0.2, 0.25) is 0 Å². The number of rotatable bonds is 5. The molecule has 4 nitrogen and oxygen atoms in total. The fraction of sp³-hybridized carbons (Fsp3) is 0.278. The Hall–Kier alpha value is -1.91. The molecule has 1 heterocycles. The molecule has 1 aliphatic heterocycles. The number of hydrogen-bond donors (Lipinski definition) is 1. The highest BCUT2D eigenvalue weighted by atomic mass is 35.5. The van der Waals surface area contributed by atoms with E-state index >= 15 is 0 Å². The number of ether oxygens (including phenoxy) is 1. The minimum absolute atomic E-state index is 0.115. The molecular formula is C18H18Cl2N2O2. The van der Waals surface area contributed by atoms with Crippen molar-refractivity contribution < 1.29 is 9.53 Å². The Labute approximate surface area is 151 Å². The van der Waals surface area contributed by atoms with Gasteiger partial charge < -0.3 is 15.0 Å². The zero-order valence-corrected chi connectivity index (χ0v) is 14.6. The predicted molar refractivity (Wildman–Crippen MR) is 98.5 cm³/mol. The van der Waals surface area contributed by atoms with Gasteiger partial charge >= 0.3 is 0 Å². The number of amides is 1. The molecule has 2 aromatic rings. The molecule has 0 radical (unpaired) electrons. The molecule has 1 aliphatic rings. The number of halogens is 2. The molecule has 1 fully saturated rings. The van der Waals surface area contributed by atoms with Gasteiger partial charge in [-0.2, -0.15) is 0 Å². The van der Waals surface area contributed by atoms with Crippen LogP contribution in [0.25, 0.3) is 0 Å². The van der Waals surface area contributed by atoms with Crippen LogP contribution in [0.2, 0.25) is 10.0 Å². The maximum atomic E-state index is 12.2. The summed E-state index contributed by atoms with van der Waals surface area (Å²) in [5.41, 5.74) is 1.69. The quantitative estimate of drug-likeness (QED) is 0.841. The number of carbonyl (C=O) groups is 1. The van der Waals surface area contributed by atoms with Crippen molar-refractivity contribution in [1.82, 2.24) is 0 Å². The van der Waals surface area contributed by atoms with Crippen molar-refractivity contribution in [1.29, 1.82) is 0 Å². The lowest BCUT2D eigenvalue weighted by Crippen LogP contribution is -2.24. The maximum absolute atomic E-state index is 12.2. The first kappa shape index (κ1) is 16.9. The van der Waals surface area contributed by atoms with Crippen LogP contribution in [0.3, 0.4) is 0 Å². The minimum Gasteiger partial charge on any atom is -0.482 e. The maximum Gasteiger partial charge on any atom is 0.262 e. The zero-order chi connectivity index (χ0) is 16.9. The van der Waals surface area contributed by atoms with Crippen LogP contribution in [-0.4, -0.2) is 25.6 Å². The lowest BCUT2D eigenvalue weighted by Gasteiger charge is -2.22. The molecule has 3 rings (SSSR count). The molecule has 24 heavy (non-hydrogen) atoms. The first-order chi connectivity index (χ1) is 11.6. The van der Waals surface area contributed by atoms with Gasteiger partial charge in [0.15, 0.2) is 6.61 Å². The van der Waals surface area contributed by atoms with E-state index in [1.807, 2.05) is 24.3 Å². The minimum atomic E-state index is -0.252. The Bertz CT molecular complexity index is 731. The summed E-state index contributed by atoms with van der Waals surface area (Å²) in [5.74, 6) is 0.234. The number of nitrogens with zero attached hydrogens (tertiary/aromatic N) is 1. The number of benzene rings is 2. The summed E-state index contributed by atoms with van der Waals surface area (Å²) in [6.45, 7) is 1.86. The van der Waals surface area contributed by atoms with Crippen LogP contribution >= 0.6 is 23.2 Å². The average molecular weight is 365 g/mol. The van der Waals surface area contributed by atoms with Gasteiger partial charge in [0.05, 0.1) is 16.4 Å². The Balaban J connectivity index is 1.67. The van der Waals surface area contributed by atoms with E-state index in [0.717, 1.165) is 31.6 Å². The largest absolute Gasteiger partial charge is 0.482 e. The second kappa shape index (κ2) is 7.77. The first-order valence-electron chi connectivity index (χ1n) is 7.85. The lowest BCUT2D eigenvalue weighted by atomic mass is 10.2. The van der Waals surface area contributed by atoms with Crippen molar-refractivity contribution >= 4 is 40.5 Å². The summed E-state index contributed by atoms with van der Waals surface area (Å²) in [7, 11) is 0. The lowest BCUT2D eigenvalue weighted by molar-refractivity contribution is -0.118. The molecule has 1 amide bonds. The zero-order valence-electron chi connectivity index (χ0n) is 13.1. The summed E-state index contributed by atoms with van der Waals surface area (Å²) < 4.78 is 5.48. The Kier molecular flexibility index (Phi) is 5.48. The smallest absolute Gasteiger partial charge is 0.262 e. The van der Waals surface area contributed by atoms with E-state index < -0.39 is 0 Å². The van der Waals surface area contributed by atoms with Crippen LogP contribution in [0.1, 0.15) is 12.8 Å². The van der Waals surface area contributed by atoms with Crippen molar-refractivity contribution in [2.24, 2.45) is 0 Å². The molecule has 0 atom stereocenters. The van der Waals surface area contributed by atoms with E-state index in [-0.39, 0.29) is 12.5 Å². The second-order valence-corrected chi connectivity index (χ2v) is 6.47. The molecule has 0 spiro atoms. The van der Waals surface area contributed by atoms with Gasteiger partial charge in [0, 0.05) is 18.1 Å². The van der Waals surface area contributed by atoms with Gasteiger partial charge in [-0.3, -0.25) is 4.79 Å². The molecule has 6 heteroatoms. The Morgan fingerprint density at radius 1 is 1.12 bits per heavy atom. The van der Waals surface area contributed by atoms with Crippen LogP contribution in [-0.2, 0) is 4.79 Å². The predicted octanol–water partition coefficient (Wildman–Crippen LogP) is 4.61. The number of para-hydroxylation sites is 1. The molecule has 1 N–H and O–H groups in total. The van der Waals surface area contributed by atoms with Crippen LogP contribution in [0.15, 0.2) is 42.5 Å². The molecule has 0 bridgehead atoms. The molecule has 0 aliphatic carbocycles. The Morgan fingerprint density at radius 2 is 1.88 bits per heavy atom. The summed E-state index contributed by atoms with van der Waals surface area (Å²) >= 11 is 12.1. The highest BCUT2D eigenvalue weighted by molar-refractivity contribution is 6.32. The van der Waals surface area contributed by atoms with E-state index in [2.05, 4.69) is 10.2 Å². The van der Waals surface area contributed by atoms with Crippen molar-refractivity contribution in [3.8, 4) is 5.75 Å². The number of hydrogen-bond acceptors (Lipinski definition) is 3. The standard InChI is InChI=1S/C18H18Cl2N2O2/c19-13-7-8-16(22-9-3-4-10-22)15(11-13)21-18(23)12-24-17-6-2-1-5-14(17)20/h1-2,5-8,11H,3-4,9-10,12H2,(H,21,23). The third kappa shape index (κ3) is 4.13. The molecule has 0 saturated carbocycles. The van der Waals surface area contributed by atoms with Crippen molar-refractivity contribution in [2.75, 3.05) is 29.9 Å². The van der Waals surface area contributed by atoms with Crippen molar-refractivity contribution in [2.45, 2.75) is 12.8 Å². The topological polar surface area (TPSA) is 41.6 Å². The summed E-state index contributed by atoms with van der Waals surface area (Å²) in [5, 5.41) is 3.95. The normalized spacial score (nSPS) is 13.8. The van der Waals surface area contributed by atoms with E-state index in [1.165, 1.54) is 0 Å². The van der Waals surface area contributed by atoms with E-state index in [4.69, 9.17) is 27.9 Å². The van der Waals surface area contributed by atoms with Crippen molar-refractivity contribution in [3.05, 3.63) is 52.5 Å². The number of anilines is 2. The molecule has 126 valence electrons. The van der Waals surface area contributed by atoms with Crippen LogP contribution in [0.4, 0.5) is 11.4 Å². The van der Waals surface area contributed by atoms with Gasteiger partial charge in [-0.1, -0.05) is 35.3 Å². The van der Waals surface area contributed by atoms with E-state index in [1.54, 1.807) is 18.2 Å². The third-order valence-electron chi connectivity index (χ3n) is 3.87. The van der Waals surface area contributed by atoms with Crippen molar-refractivity contribution in [3.63, 3.8) is 0 Å². The number of carbonyl (C=O) groups excluding carboxylic acids is 1. The first-order valence-corrected chi connectivity index (χ1v) is 8.61. The van der Waals surface area contributed by atoms with E-state index in [0.29, 0.717) is 21.5 Å². The van der Waals surface area contributed by atoms with E-state index in [9.17, 15) is 4.79 Å². The summed E-state index contributed by atoms with van der Waals surface area (Å²) in [4.78, 5) is 14.5. The summed E-state index contributed by atoms with van der Waals surface area (Å²) in [6.07, 6.45) is 2.32. The molecule has 2 aromatic carbocycles. The van der Waals surface area contributed by atoms with Crippen LogP contribution in [0, 0.1) is 0 Å². The molecular weight excluding hydrogens is 347 g/mol. The molecule has 0 aromatic heterocycles. The van der Waals surface area contributed by atoms with Gasteiger partial charge in [-0.25, -0.2) is 0 Å². The Morgan fingerprint density at radius 3 is 2.62 bits per heavy atom. The number of nitrogens with one attached hydrogen (secondary N) is 1. The fourth-order valence-electron chi connectivity index (χ4n) is 2.73. The van der Waals surface area contributed by atoms with Gasteiger partial charge in [0.1, 0.15) is 5.75 Å². The van der Waals surface area contributed by atoms with Crippen LogP contribution in [0.5, 0.6) is 5.75 Å². The molecule has 0 unspecified atom stereocenters. The molecule has 1 saturated heterocycles. The fourth-order valence-corrected chi connectivity index (χ4v) is 3.10. The monoisotopic (exact) mass is 364 g/mol. The van der Waals surface area contributed by atoms with Gasteiger partial charge in [0.25, 0.3) is 5.91 Å². The summed E-state index contributed by atoms with van der Waals surface area (Å²) in [6, 6.07) is 12.6. The SMILES string of the molecule is O=C(COc1ccccc1Cl)Nc1cc(Cl)ccc1N1CCCC1. The third-order valence-corrected chi connectivity index (χ3v) is 4.42. The second-order valence-electron chi connectivity index (χ2n) is 5.62. The highest BCUT2D eigenvalue weighted by Gasteiger charge is 2.17. The highest BCUT2D eigenvalue weighted by Crippen LogP contribution is 2.31. The average Bonchev–Trinajstić information content (AvgIpc) is 3.08. The van der Waals surface area contributed by atoms with Crippen LogP contribution < -0.4 is 15.0 Å². The van der Waals surface area contributed by atoms with Gasteiger partial charge in [-0.05, 0) is 43.2 Å². The van der Waals surface area contributed by atoms with Gasteiger partial charge in [-0.15, -0.1) is 0 Å².